The van der Waals surface area contributed by atoms with E-state index in [1.54, 1.807) is 0 Å². The highest BCUT2D eigenvalue weighted by atomic mass is 16.5. The standard InChI is InChI=1S/C19H32O4/c1-4-5-6-7-8-16-12(2)17-15(11-23-13(3)21)9-14(10-20)18(17)19(16)22/h12,14-18,20H,4-11H2,1-3H3/t12-,14+,15-,16-,17-,18+/m0/s1. The van der Waals surface area contributed by atoms with Gasteiger partial charge in [0.25, 0.3) is 0 Å². The first-order valence-electron chi connectivity index (χ1n) is 9.29. The van der Waals surface area contributed by atoms with Gasteiger partial charge in [-0.25, -0.2) is 0 Å². The predicted octanol–water partition coefficient (Wildman–Crippen LogP) is 3.22. The highest BCUT2D eigenvalue weighted by Gasteiger charge is 2.57. The number of Topliss-reactive ketones (excluding diaryl/α,β-unsaturated/α-hetero) is 1. The summed E-state index contributed by atoms with van der Waals surface area (Å²) in [5.74, 6) is 1.10. The smallest absolute Gasteiger partial charge is 0.302 e. The zero-order valence-electron chi connectivity index (χ0n) is 14.8. The molecule has 2 rings (SSSR count). The Morgan fingerprint density at radius 1 is 1.26 bits per heavy atom. The Bertz CT molecular complexity index is 420. The van der Waals surface area contributed by atoms with Gasteiger partial charge >= 0.3 is 5.97 Å². The van der Waals surface area contributed by atoms with Gasteiger partial charge in [-0.1, -0.05) is 39.5 Å². The number of carbonyl (C=O) groups is 2. The van der Waals surface area contributed by atoms with Crippen LogP contribution in [0.4, 0.5) is 0 Å². The Kier molecular flexibility index (Phi) is 6.63. The van der Waals surface area contributed by atoms with Gasteiger partial charge in [-0.15, -0.1) is 0 Å². The number of ketones is 1. The molecule has 0 aromatic heterocycles. The summed E-state index contributed by atoms with van der Waals surface area (Å²) >= 11 is 0. The number of fused-ring (bicyclic) bond motifs is 1. The minimum atomic E-state index is -0.262. The van der Waals surface area contributed by atoms with Crippen LogP contribution in [0.2, 0.25) is 0 Å². The summed E-state index contributed by atoms with van der Waals surface area (Å²) in [4.78, 5) is 24.0. The molecule has 0 aliphatic heterocycles. The van der Waals surface area contributed by atoms with Gasteiger partial charge < -0.3 is 9.84 Å². The molecule has 0 unspecified atom stereocenters. The largest absolute Gasteiger partial charge is 0.466 e. The number of hydrogen-bond acceptors (Lipinski definition) is 4. The first-order valence-corrected chi connectivity index (χ1v) is 9.29. The maximum Gasteiger partial charge on any atom is 0.302 e. The molecular formula is C19H32O4. The maximum absolute atomic E-state index is 12.9. The second-order valence-electron chi connectivity index (χ2n) is 7.56. The quantitative estimate of drug-likeness (QED) is 0.550. The van der Waals surface area contributed by atoms with Gasteiger partial charge in [-0.05, 0) is 36.5 Å². The number of aliphatic hydroxyl groups excluding tert-OH is 1. The van der Waals surface area contributed by atoms with Crippen LogP contribution in [0.3, 0.4) is 0 Å². The van der Waals surface area contributed by atoms with Crippen molar-refractivity contribution in [2.45, 2.75) is 59.3 Å². The zero-order valence-corrected chi connectivity index (χ0v) is 14.8. The van der Waals surface area contributed by atoms with Gasteiger partial charge in [0.1, 0.15) is 5.78 Å². The van der Waals surface area contributed by atoms with E-state index in [1.807, 2.05) is 0 Å². The number of unbranched alkanes of at least 4 members (excludes halogenated alkanes) is 3. The molecule has 2 aliphatic carbocycles. The fourth-order valence-corrected chi connectivity index (χ4v) is 5.04. The molecule has 0 heterocycles. The lowest BCUT2D eigenvalue weighted by atomic mass is 9.82. The number of aliphatic hydroxyl groups is 1. The van der Waals surface area contributed by atoms with Gasteiger partial charge in [0, 0.05) is 25.4 Å². The molecule has 4 heteroatoms. The number of carbonyl (C=O) groups excluding carboxylic acids is 2. The molecule has 0 aromatic rings. The normalized spacial score (nSPS) is 36.3. The van der Waals surface area contributed by atoms with Crippen LogP contribution in [0, 0.1) is 35.5 Å². The van der Waals surface area contributed by atoms with Crippen LogP contribution in [0.1, 0.15) is 59.3 Å². The fraction of sp³-hybridized carbons (Fsp3) is 0.895. The predicted molar refractivity (Wildman–Crippen MR) is 88.7 cm³/mol. The van der Waals surface area contributed by atoms with Crippen molar-refractivity contribution < 1.29 is 19.4 Å². The topological polar surface area (TPSA) is 63.6 Å². The molecule has 132 valence electrons. The summed E-state index contributed by atoms with van der Waals surface area (Å²) in [5, 5.41) is 9.68. The number of hydrogen-bond donors (Lipinski definition) is 1. The molecular weight excluding hydrogens is 292 g/mol. The van der Waals surface area contributed by atoms with Crippen LogP contribution in [0.25, 0.3) is 0 Å². The monoisotopic (exact) mass is 324 g/mol. The van der Waals surface area contributed by atoms with Crippen molar-refractivity contribution >= 4 is 11.8 Å². The van der Waals surface area contributed by atoms with E-state index in [0.29, 0.717) is 18.3 Å². The van der Waals surface area contributed by atoms with E-state index in [2.05, 4.69) is 13.8 Å². The average Bonchev–Trinajstić information content (AvgIpc) is 3.00. The maximum atomic E-state index is 12.9. The molecule has 2 aliphatic rings. The summed E-state index contributed by atoms with van der Waals surface area (Å²) in [7, 11) is 0. The van der Waals surface area contributed by atoms with Crippen LogP contribution in [0.5, 0.6) is 0 Å². The second kappa shape index (κ2) is 8.27. The third-order valence-corrected chi connectivity index (χ3v) is 6.11. The highest BCUT2D eigenvalue weighted by molar-refractivity contribution is 5.87. The van der Waals surface area contributed by atoms with Crippen molar-refractivity contribution in [2.24, 2.45) is 35.5 Å². The Hall–Kier alpha value is -0.900. The van der Waals surface area contributed by atoms with Gasteiger partial charge in [-0.2, -0.15) is 0 Å². The molecule has 1 N–H and O–H groups in total. The van der Waals surface area contributed by atoms with Gasteiger partial charge in [0.2, 0.25) is 0 Å². The Morgan fingerprint density at radius 3 is 2.61 bits per heavy atom. The second-order valence-corrected chi connectivity index (χ2v) is 7.56. The SMILES string of the molecule is CCCCCC[C@@H]1C(=O)[C@@H]2[C@@H](CO)C[C@@H](COC(C)=O)[C@@H]2[C@H]1C. The lowest BCUT2D eigenvalue weighted by molar-refractivity contribution is -0.142. The average molecular weight is 324 g/mol. The third kappa shape index (κ3) is 3.96. The molecule has 0 radical (unpaired) electrons. The summed E-state index contributed by atoms with van der Waals surface area (Å²) in [6.07, 6.45) is 6.53. The van der Waals surface area contributed by atoms with Gasteiger partial charge in [-0.3, -0.25) is 9.59 Å². The zero-order chi connectivity index (χ0) is 17.0. The van der Waals surface area contributed by atoms with Crippen LogP contribution >= 0.6 is 0 Å². The first-order chi connectivity index (χ1) is 11.0. The molecule has 0 spiro atoms. The number of ether oxygens (including phenoxy) is 1. The summed E-state index contributed by atoms with van der Waals surface area (Å²) in [5.41, 5.74) is 0. The van der Waals surface area contributed by atoms with E-state index in [0.717, 1.165) is 19.3 Å². The third-order valence-electron chi connectivity index (χ3n) is 6.11. The van der Waals surface area contributed by atoms with E-state index < -0.39 is 0 Å². The summed E-state index contributed by atoms with van der Waals surface area (Å²) in [6.45, 7) is 6.27. The molecule has 23 heavy (non-hydrogen) atoms. The Morgan fingerprint density at radius 2 is 2.00 bits per heavy atom. The molecule has 2 fully saturated rings. The Balaban J connectivity index is 2.03. The van der Waals surface area contributed by atoms with Gasteiger partial charge in [0.15, 0.2) is 0 Å². The number of rotatable bonds is 8. The molecule has 6 atom stereocenters. The lowest BCUT2D eigenvalue weighted by Crippen LogP contribution is -2.23. The molecule has 2 saturated carbocycles. The van der Waals surface area contributed by atoms with Crippen molar-refractivity contribution in [3.05, 3.63) is 0 Å². The Labute approximate surface area is 140 Å². The highest BCUT2D eigenvalue weighted by Crippen LogP contribution is 2.55. The molecule has 4 nitrogen and oxygen atoms in total. The first kappa shape index (κ1) is 18.4. The van der Waals surface area contributed by atoms with E-state index in [9.17, 15) is 14.7 Å². The van der Waals surface area contributed by atoms with Crippen molar-refractivity contribution in [1.82, 2.24) is 0 Å². The minimum Gasteiger partial charge on any atom is -0.466 e. The van der Waals surface area contributed by atoms with E-state index in [-0.39, 0.29) is 42.2 Å². The molecule has 0 saturated heterocycles. The van der Waals surface area contributed by atoms with Crippen LogP contribution in [-0.4, -0.2) is 30.1 Å². The van der Waals surface area contributed by atoms with E-state index in [4.69, 9.17) is 4.74 Å². The van der Waals surface area contributed by atoms with Crippen molar-refractivity contribution in [1.29, 1.82) is 0 Å². The summed E-state index contributed by atoms with van der Waals surface area (Å²) < 4.78 is 5.23. The molecule has 0 aromatic carbocycles. The fourth-order valence-electron chi connectivity index (χ4n) is 5.04. The van der Waals surface area contributed by atoms with E-state index >= 15 is 0 Å². The lowest BCUT2D eigenvalue weighted by Gasteiger charge is -2.24. The minimum absolute atomic E-state index is 0.0215. The number of esters is 1. The van der Waals surface area contributed by atoms with Crippen molar-refractivity contribution in [3.63, 3.8) is 0 Å². The van der Waals surface area contributed by atoms with Gasteiger partial charge in [0.05, 0.1) is 6.61 Å². The molecule has 0 bridgehead atoms. The summed E-state index contributed by atoms with van der Waals surface area (Å²) in [6, 6.07) is 0. The van der Waals surface area contributed by atoms with Crippen LogP contribution in [0.15, 0.2) is 0 Å². The van der Waals surface area contributed by atoms with Crippen molar-refractivity contribution in [2.75, 3.05) is 13.2 Å². The van der Waals surface area contributed by atoms with E-state index in [1.165, 1.54) is 26.2 Å². The van der Waals surface area contributed by atoms with Crippen LogP contribution < -0.4 is 0 Å². The van der Waals surface area contributed by atoms with Crippen molar-refractivity contribution in [3.8, 4) is 0 Å². The molecule has 0 amide bonds. The van der Waals surface area contributed by atoms with Crippen LogP contribution in [-0.2, 0) is 14.3 Å².